The smallest absolute Gasteiger partial charge is 0.147 e. The molecule has 1 spiro atoms. The van der Waals surface area contributed by atoms with Crippen molar-refractivity contribution in [1.29, 1.82) is 0 Å². The number of nitrogens with zero attached hydrogens (tertiary/aromatic N) is 4. The summed E-state index contributed by atoms with van der Waals surface area (Å²) < 4.78 is 8.55. The van der Waals surface area contributed by atoms with Crippen LogP contribution in [0.1, 0.15) is 57.8 Å². The molecule has 2 heterocycles. The second-order valence-electron chi connectivity index (χ2n) is 8.54. The Morgan fingerprint density at radius 3 is 2.75 bits per heavy atom. The van der Waals surface area contributed by atoms with Crippen molar-refractivity contribution in [3.63, 3.8) is 0 Å². The van der Waals surface area contributed by atoms with Gasteiger partial charge in [-0.2, -0.15) is 0 Å². The molecule has 1 N–H and O–H groups in total. The predicted octanol–water partition coefficient (Wildman–Crippen LogP) is 2.23. The molecular weight excluding hydrogens is 302 g/mol. The van der Waals surface area contributed by atoms with Crippen LogP contribution in [0.4, 0.5) is 0 Å². The van der Waals surface area contributed by atoms with Gasteiger partial charge in [0, 0.05) is 19.1 Å². The summed E-state index contributed by atoms with van der Waals surface area (Å²) in [4.78, 5) is 2.30. The molecule has 1 aromatic heterocycles. The van der Waals surface area contributed by atoms with E-state index in [1.165, 1.54) is 19.3 Å². The highest BCUT2D eigenvalue weighted by Gasteiger charge is 2.46. The second-order valence-corrected chi connectivity index (χ2v) is 8.54. The van der Waals surface area contributed by atoms with E-state index in [2.05, 4.69) is 45.9 Å². The average Bonchev–Trinajstić information content (AvgIpc) is 3.11. The standard InChI is InChI=1S/C18H33N5O/c1-17(2)12-18(24-13-17)7-5-15(6-8-18)23-14-20-21-16(23)11-22(4)10-9-19-3/h14-15,19H,5-13H2,1-4H3/t15-,18-. The molecule has 0 unspecified atom stereocenters. The number of ether oxygens (including phenoxy) is 1. The number of rotatable bonds is 6. The van der Waals surface area contributed by atoms with Gasteiger partial charge in [-0.25, -0.2) is 0 Å². The lowest BCUT2D eigenvalue weighted by Crippen LogP contribution is -2.35. The molecule has 1 saturated heterocycles. The monoisotopic (exact) mass is 335 g/mol. The van der Waals surface area contributed by atoms with Gasteiger partial charge in [0.05, 0.1) is 18.8 Å². The van der Waals surface area contributed by atoms with E-state index in [0.717, 1.165) is 44.9 Å². The van der Waals surface area contributed by atoms with Crippen LogP contribution in [-0.2, 0) is 11.3 Å². The Morgan fingerprint density at radius 1 is 1.38 bits per heavy atom. The SMILES string of the molecule is CNCCN(C)Cc1nncn1[C@H]1CC[C@]2(CC1)CC(C)(C)CO2. The quantitative estimate of drug-likeness (QED) is 0.864. The van der Waals surface area contributed by atoms with Gasteiger partial charge in [-0.05, 0) is 51.6 Å². The van der Waals surface area contributed by atoms with Crippen LogP contribution >= 0.6 is 0 Å². The third-order valence-corrected chi connectivity index (χ3v) is 5.63. The number of hydrogen-bond acceptors (Lipinski definition) is 5. The van der Waals surface area contributed by atoms with Gasteiger partial charge in [-0.3, -0.25) is 4.90 Å². The van der Waals surface area contributed by atoms with Gasteiger partial charge in [0.1, 0.15) is 12.2 Å². The van der Waals surface area contributed by atoms with Crippen LogP contribution in [0.2, 0.25) is 0 Å². The highest BCUT2D eigenvalue weighted by molar-refractivity contribution is 4.99. The number of hydrogen-bond donors (Lipinski definition) is 1. The van der Waals surface area contributed by atoms with Crippen molar-refractivity contribution in [2.24, 2.45) is 5.41 Å². The lowest BCUT2D eigenvalue weighted by atomic mass is 9.75. The molecule has 1 aliphatic heterocycles. The first-order valence-electron chi connectivity index (χ1n) is 9.29. The molecule has 1 aromatic rings. The van der Waals surface area contributed by atoms with Crippen molar-refractivity contribution in [2.45, 2.75) is 64.1 Å². The molecule has 0 atom stereocenters. The summed E-state index contributed by atoms with van der Waals surface area (Å²) in [6.07, 6.45) is 7.78. The Labute approximate surface area is 146 Å². The van der Waals surface area contributed by atoms with E-state index in [9.17, 15) is 0 Å². The van der Waals surface area contributed by atoms with Crippen LogP contribution in [0.5, 0.6) is 0 Å². The van der Waals surface area contributed by atoms with Crippen molar-refractivity contribution >= 4 is 0 Å². The molecule has 1 aliphatic carbocycles. The van der Waals surface area contributed by atoms with E-state index in [4.69, 9.17) is 4.74 Å². The van der Waals surface area contributed by atoms with E-state index >= 15 is 0 Å². The van der Waals surface area contributed by atoms with Crippen LogP contribution in [0, 0.1) is 5.41 Å². The highest BCUT2D eigenvalue weighted by Crippen LogP contribution is 2.48. The number of nitrogens with one attached hydrogen (secondary N) is 1. The zero-order valence-corrected chi connectivity index (χ0v) is 15.7. The lowest BCUT2D eigenvalue weighted by molar-refractivity contribution is -0.0345. The van der Waals surface area contributed by atoms with Crippen molar-refractivity contribution in [3.8, 4) is 0 Å². The first-order valence-corrected chi connectivity index (χ1v) is 9.29. The first kappa shape index (κ1) is 17.8. The topological polar surface area (TPSA) is 55.2 Å². The first-order chi connectivity index (χ1) is 11.4. The van der Waals surface area contributed by atoms with Gasteiger partial charge in [0.25, 0.3) is 0 Å². The van der Waals surface area contributed by atoms with Crippen molar-refractivity contribution in [1.82, 2.24) is 25.0 Å². The Hall–Kier alpha value is -0.980. The summed E-state index contributed by atoms with van der Waals surface area (Å²) in [5.74, 6) is 1.09. The molecule has 6 heteroatoms. The van der Waals surface area contributed by atoms with Crippen molar-refractivity contribution in [3.05, 3.63) is 12.2 Å². The summed E-state index contributed by atoms with van der Waals surface area (Å²) in [7, 11) is 4.13. The minimum Gasteiger partial charge on any atom is -0.374 e. The minimum absolute atomic E-state index is 0.137. The van der Waals surface area contributed by atoms with Crippen molar-refractivity contribution < 1.29 is 4.74 Å². The molecule has 0 amide bonds. The molecule has 2 aliphatic rings. The maximum absolute atomic E-state index is 6.25. The number of likely N-dealkylation sites (N-methyl/N-ethyl adjacent to an activating group) is 2. The lowest BCUT2D eigenvalue weighted by Gasteiger charge is -2.37. The van der Waals surface area contributed by atoms with Gasteiger partial charge in [-0.1, -0.05) is 13.8 Å². The van der Waals surface area contributed by atoms with Crippen molar-refractivity contribution in [2.75, 3.05) is 33.8 Å². The maximum atomic E-state index is 6.25. The van der Waals surface area contributed by atoms with E-state index in [1.54, 1.807) is 0 Å². The summed E-state index contributed by atoms with van der Waals surface area (Å²) in [6.45, 7) is 8.42. The normalized spacial score (nSPS) is 29.6. The maximum Gasteiger partial charge on any atom is 0.147 e. The zero-order chi connectivity index (χ0) is 17.2. The Morgan fingerprint density at radius 2 is 2.12 bits per heavy atom. The fraction of sp³-hybridized carbons (Fsp3) is 0.889. The van der Waals surface area contributed by atoms with E-state index in [0.29, 0.717) is 11.5 Å². The van der Waals surface area contributed by atoms with Gasteiger partial charge < -0.3 is 14.6 Å². The van der Waals surface area contributed by atoms with Crippen LogP contribution in [0.25, 0.3) is 0 Å². The minimum atomic E-state index is 0.137. The molecule has 24 heavy (non-hydrogen) atoms. The van der Waals surface area contributed by atoms with Gasteiger partial charge in [-0.15, -0.1) is 10.2 Å². The van der Waals surface area contributed by atoms with Crippen LogP contribution in [0.15, 0.2) is 6.33 Å². The van der Waals surface area contributed by atoms with Gasteiger partial charge in [0.15, 0.2) is 0 Å². The average molecular weight is 335 g/mol. The molecule has 2 fully saturated rings. The third kappa shape index (κ3) is 3.98. The highest BCUT2D eigenvalue weighted by atomic mass is 16.5. The van der Waals surface area contributed by atoms with Gasteiger partial charge >= 0.3 is 0 Å². The molecule has 0 bridgehead atoms. The predicted molar refractivity (Wildman–Crippen MR) is 94.9 cm³/mol. The fourth-order valence-corrected chi connectivity index (χ4v) is 4.36. The summed E-state index contributed by atoms with van der Waals surface area (Å²) >= 11 is 0. The van der Waals surface area contributed by atoms with E-state index in [1.807, 2.05) is 13.4 Å². The largest absolute Gasteiger partial charge is 0.374 e. The molecule has 136 valence electrons. The zero-order valence-electron chi connectivity index (χ0n) is 15.7. The van der Waals surface area contributed by atoms with Crippen LogP contribution in [0.3, 0.4) is 0 Å². The fourth-order valence-electron chi connectivity index (χ4n) is 4.36. The Balaban J connectivity index is 1.58. The molecule has 1 saturated carbocycles. The van der Waals surface area contributed by atoms with Crippen LogP contribution in [-0.4, -0.2) is 59.1 Å². The summed E-state index contributed by atoms with van der Waals surface area (Å²) in [6, 6.07) is 0.519. The van der Waals surface area contributed by atoms with Gasteiger partial charge in [0.2, 0.25) is 0 Å². The summed E-state index contributed by atoms with van der Waals surface area (Å²) in [5.41, 5.74) is 0.475. The molecule has 6 nitrogen and oxygen atoms in total. The van der Waals surface area contributed by atoms with E-state index in [-0.39, 0.29) is 5.60 Å². The Kier molecular flexibility index (Phi) is 5.27. The van der Waals surface area contributed by atoms with Crippen LogP contribution < -0.4 is 5.32 Å². The Bertz CT molecular complexity index is 533. The molecular formula is C18H33N5O. The number of aromatic nitrogens is 3. The summed E-state index contributed by atoms with van der Waals surface area (Å²) in [5, 5.41) is 11.7. The third-order valence-electron chi connectivity index (χ3n) is 5.63. The molecule has 0 radical (unpaired) electrons. The molecule has 3 rings (SSSR count). The second kappa shape index (κ2) is 7.10. The molecule has 0 aromatic carbocycles. The van der Waals surface area contributed by atoms with E-state index < -0.39 is 0 Å².